The lowest BCUT2D eigenvalue weighted by molar-refractivity contribution is 0.282. The average molecular weight is 319 g/mol. The normalized spacial score (nSPS) is 11.5. The van der Waals surface area contributed by atoms with Gasteiger partial charge in [0.05, 0.1) is 17.2 Å². The molecule has 0 aliphatic carbocycles. The van der Waals surface area contributed by atoms with Crippen LogP contribution in [-0.4, -0.2) is 18.5 Å². The van der Waals surface area contributed by atoms with Gasteiger partial charge in [0.25, 0.3) is 10.0 Å². The Morgan fingerprint density at radius 2 is 2.21 bits per heavy atom. The van der Waals surface area contributed by atoms with Crippen molar-refractivity contribution in [1.82, 2.24) is 4.98 Å². The SMILES string of the molecule is Cc1csc(NS(=O)(=O)c2ccc(CO)c(Cl)c2)n1. The first-order valence-corrected chi connectivity index (χ1v) is 8.00. The molecule has 0 amide bonds. The number of anilines is 1. The van der Waals surface area contributed by atoms with E-state index in [9.17, 15) is 8.42 Å². The summed E-state index contributed by atoms with van der Waals surface area (Å²) in [5.41, 5.74) is 1.22. The largest absolute Gasteiger partial charge is 0.392 e. The van der Waals surface area contributed by atoms with Crippen molar-refractivity contribution in [1.29, 1.82) is 0 Å². The number of benzene rings is 1. The third-order valence-corrected chi connectivity index (χ3v) is 5.04. The Labute approximate surface area is 119 Å². The fraction of sp³-hybridized carbons (Fsp3) is 0.182. The molecule has 1 aromatic heterocycles. The van der Waals surface area contributed by atoms with Crippen LogP contribution < -0.4 is 4.72 Å². The molecule has 0 aliphatic heterocycles. The number of aliphatic hydroxyl groups excluding tert-OH is 1. The monoisotopic (exact) mass is 318 g/mol. The van der Waals surface area contributed by atoms with Crippen LogP contribution in [0.3, 0.4) is 0 Å². The number of sulfonamides is 1. The van der Waals surface area contributed by atoms with E-state index in [0.717, 1.165) is 5.69 Å². The van der Waals surface area contributed by atoms with Crippen molar-refractivity contribution in [2.75, 3.05) is 4.72 Å². The van der Waals surface area contributed by atoms with Crippen LogP contribution in [0.2, 0.25) is 5.02 Å². The Bertz CT molecular complexity index is 698. The van der Waals surface area contributed by atoms with Crippen molar-refractivity contribution in [2.24, 2.45) is 0 Å². The van der Waals surface area contributed by atoms with Gasteiger partial charge in [-0.2, -0.15) is 0 Å². The van der Waals surface area contributed by atoms with Crippen molar-refractivity contribution >= 4 is 38.1 Å². The van der Waals surface area contributed by atoms with Crippen LogP contribution in [0, 0.1) is 6.92 Å². The summed E-state index contributed by atoms with van der Waals surface area (Å²) in [5, 5.41) is 11.3. The molecule has 19 heavy (non-hydrogen) atoms. The number of halogens is 1. The molecule has 0 spiro atoms. The van der Waals surface area contributed by atoms with Gasteiger partial charge in [-0.25, -0.2) is 13.4 Å². The maximum Gasteiger partial charge on any atom is 0.263 e. The highest BCUT2D eigenvalue weighted by Crippen LogP contribution is 2.24. The van der Waals surface area contributed by atoms with Crippen LogP contribution >= 0.6 is 22.9 Å². The van der Waals surface area contributed by atoms with Gasteiger partial charge in [-0.05, 0) is 24.6 Å². The molecule has 1 heterocycles. The van der Waals surface area contributed by atoms with Gasteiger partial charge in [0.2, 0.25) is 0 Å². The van der Waals surface area contributed by atoms with Crippen LogP contribution in [0.5, 0.6) is 0 Å². The Morgan fingerprint density at radius 1 is 1.47 bits per heavy atom. The van der Waals surface area contributed by atoms with Crippen LogP contribution in [0.1, 0.15) is 11.3 Å². The first-order valence-electron chi connectivity index (χ1n) is 5.26. The van der Waals surface area contributed by atoms with Gasteiger partial charge in [0, 0.05) is 10.4 Å². The predicted molar refractivity (Wildman–Crippen MR) is 75.0 cm³/mol. The maximum atomic E-state index is 12.1. The summed E-state index contributed by atoms with van der Waals surface area (Å²) < 4.78 is 26.6. The van der Waals surface area contributed by atoms with Crippen LogP contribution in [0.25, 0.3) is 0 Å². The molecule has 2 rings (SSSR count). The molecule has 0 saturated carbocycles. The number of nitrogens with zero attached hydrogens (tertiary/aromatic N) is 1. The van der Waals surface area contributed by atoms with E-state index in [1.165, 1.54) is 29.5 Å². The van der Waals surface area contributed by atoms with E-state index in [4.69, 9.17) is 16.7 Å². The minimum Gasteiger partial charge on any atom is -0.392 e. The summed E-state index contributed by atoms with van der Waals surface area (Å²) in [7, 11) is -3.72. The first kappa shape index (κ1) is 14.3. The second-order valence-electron chi connectivity index (χ2n) is 3.81. The Morgan fingerprint density at radius 3 is 2.74 bits per heavy atom. The minimum atomic E-state index is -3.72. The molecule has 2 aromatic rings. The van der Waals surface area contributed by atoms with Gasteiger partial charge in [-0.3, -0.25) is 4.72 Å². The highest BCUT2D eigenvalue weighted by molar-refractivity contribution is 7.93. The summed E-state index contributed by atoms with van der Waals surface area (Å²) in [6, 6.07) is 4.17. The maximum absolute atomic E-state index is 12.1. The zero-order valence-electron chi connectivity index (χ0n) is 9.92. The lowest BCUT2D eigenvalue weighted by Crippen LogP contribution is -2.13. The zero-order valence-corrected chi connectivity index (χ0v) is 12.3. The molecule has 5 nitrogen and oxygen atoms in total. The smallest absolute Gasteiger partial charge is 0.263 e. The van der Waals surface area contributed by atoms with Gasteiger partial charge in [-0.15, -0.1) is 11.3 Å². The first-order chi connectivity index (χ1) is 8.92. The highest BCUT2D eigenvalue weighted by Gasteiger charge is 2.17. The summed E-state index contributed by atoms with van der Waals surface area (Å²) in [5.74, 6) is 0. The van der Waals surface area contributed by atoms with Crippen molar-refractivity contribution in [3.8, 4) is 0 Å². The summed E-state index contributed by atoms with van der Waals surface area (Å²) in [6.07, 6.45) is 0. The second-order valence-corrected chi connectivity index (χ2v) is 6.76. The summed E-state index contributed by atoms with van der Waals surface area (Å²) >= 11 is 7.09. The van der Waals surface area contributed by atoms with E-state index in [2.05, 4.69) is 9.71 Å². The second kappa shape index (κ2) is 5.46. The number of aromatic nitrogens is 1. The quantitative estimate of drug-likeness (QED) is 0.907. The molecule has 0 unspecified atom stereocenters. The Kier molecular flexibility index (Phi) is 4.10. The molecule has 0 fully saturated rings. The van der Waals surface area contributed by atoms with Gasteiger partial charge >= 0.3 is 0 Å². The number of aliphatic hydroxyl groups is 1. The van der Waals surface area contributed by atoms with Gasteiger partial charge in [-0.1, -0.05) is 17.7 Å². The molecule has 0 radical (unpaired) electrons. The van der Waals surface area contributed by atoms with Crippen molar-refractivity contribution in [3.05, 3.63) is 39.9 Å². The lowest BCUT2D eigenvalue weighted by atomic mass is 10.2. The van der Waals surface area contributed by atoms with Gasteiger partial charge in [0.15, 0.2) is 5.13 Å². The molecule has 0 bridgehead atoms. The Balaban J connectivity index is 2.31. The van der Waals surface area contributed by atoms with E-state index in [1.54, 1.807) is 12.3 Å². The van der Waals surface area contributed by atoms with E-state index >= 15 is 0 Å². The van der Waals surface area contributed by atoms with Crippen molar-refractivity contribution in [3.63, 3.8) is 0 Å². The van der Waals surface area contributed by atoms with E-state index in [0.29, 0.717) is 10.7 Å². The number of hydrogen-bond donors (Lipinski definition) is 2. The minimum absolute atomic E-state index is 0.0301. The molecule has 2 N–H and O–H groups in total. The molecular weight excluding hydrogens is 308 g/mol. The molecule has 0 saturated heterocycles. The Hall–Kier alpha value is -1.15. The summed E-state index contributed by atoms with van der Waals surface area (Å²) in [4.78, 5) is 4.06. The number of rotatable bonds is 4. The van der Waals surface area contributed by atoms with Crippen LogP contribution in [0.15, 0.2) is 28.5 Å². The lowest BCUT2D eigenvalue weighted by Gasteiger charge is -2.07. The third kappa shape index (κ3) is 3.24. The zero-order chi connectivity index (χ0) is 14.0. The number of aryl methyl sites for hydroxylation is 1. The van der Waals surface area contributed by atoms with Crippen molar-refractivity contribution < 1.29 is 13.5 Å². The number of nitrogens with one attached hydrogen (secondary N) is 1. The number of thiazole rings is 1. The highest BCUT2D eigenvalue weighted by atomic mass is 35.5. The fourth-order valence-electron chi connectivity index (χ4n) is 1.40. The predicted octanol–water partition coefficient (Wildman–Crippen LogP) is 2.40. The van der Waals surface area contributed by atoms with Crippen LogP contribution in [-0.2, 0) is 16.6 Å². The molecule has 1 aromatic carbocycles. The molecular formula is C11H11ClN2O3S2. The van der Waals surface area contributed by atoms with Crippen molar-refractivity contribution in [2.45, 2.75) is 18.4 Å². The van der Waals surface area contributed by atoms with Gasteiger partial charge < -0.3 is 5.11 Å². The summed E-state index contributed by atoms with van der Waals surface area (Å²) in [6.45, 7) is 1.54. The van der Waals surface area contributed by atoms with Gasteiger partial charge in [0.1, 0.15) is 0 Å². The topological polar surface area (TPSA) is 79.3 Å². The molecule has 8 heteroatoms. The van der Waals surface area contributed by atoms with E-state index in [1.807, 2.05) is 0 Å². The fourth-order valence-corrected chi connectivity index (χ4v) is 3.67. The van der Waals surface area contributed by atoms with E-state index in [-0.39, 0.29) is 16.5 Å². The molecule has 0 aliphatic rings. The number of hydrogen-bond acceptors (Lipinski definition) is 5. The molecule has 0 atom stereocenters. The standard InChI is InChI=1S/C11H11ClN2O3S2/c1-7-6-18-11(13-7)14-19(16,17)9-3-2-8(5-15)10(12)4-9/h2-4,6,15H,5H2,1H3,(H,13,14). The van der Waals surface area contributed by atoms with E-state index < -0.39 is 10.0 Å². The molecule has 102 valence electrons. The van der Waals surface area contributed by atoms with Crippen LogP contribution in [0.4, 0.5) is 5.13 Å². The average Bonchev–Trinajstić information content (AvgIpc) is 2.73. The third-order valence-electron chi connectivity index (χ3n) is 2.35.